The van der Waals surface area contributed by atoms with E-state index in [1.54, 1.807) is 19.1 Å². The molecule has 0 saturated carbocycles. The third kappa shape index (κ3) is 5.06. The first-order chi connectivity index (χ1) is 16.6. The molecule has 13 heteroatoms. The number of aliphatic hydroxyl groups excluding tert-OH is 7. The van der Waals surface area contributed by atoms with Gasteiger partial charge in [-0.25, -0.2) is 4.79 Å². The first kappa shape index (κ1) is 25.9. The van der Waals surface area contributed by atoms with E-state index in [1.165, 1.54) is 12.1 Å². The second kappa shape index (κ2) is 10.4. The van der Waals surface area contributed by atoms with E-state index in [9.17, 15) is 40.5 Å². The molecule has 0 radical (unpaired) electrons. The van der Waals surface area contributed by atoms with Crippen LogP contribution in [-0.2, 0) is 14.2 Å². The standard InChI is InChI=1S/C22H28O13/c1-8-4-14(25)32-11-5-9(2-3-10(8)11)31-21-19(30)17(28)20(13(7-24)34-21)35-22-18(29)16(27)15(26)12(6-23)33-22/h2-5,12-13,15-24,26-30H,6-7H2,1H3/t12-,13-,15-,16+,17-,18+,19+,20-,21+,22+/m1/s1. The minimum absolute atomic E-state index is 0.146. The van der Waals surface area contributed by atoms with E-state index in [4.69, 9.17) is 23.4 Å². The van der Waals surface area contributed by atoms with E-state index in [0.29, 0.717) is 10.9 Å². The number of hydrogen-bond donors (Lipinski definition) is 7. The molecule has 2 aliphatic rings. The minimum Gasteiger partial charge on any atom is -0.462 e. The average molecular weight is 500 g/mol. The summed E-state index contributed by atoms with van der Waals surface area (Å²) in [4.78, 5) is 11.7. The molecule has 2 aliphatic heterocycles. The summed E-state index contributed by atoms with van der Waals surface area (Å²) < 4.78 is 27.1. The first-order valence-electron chi connectivity index (χ1n) is 10.9. The maximum absolute atomic E-state index is 11.7. The van der Waals surface area contributed by atoms with Gasteiger partial charge in [-0.2, -0.15) is 0 Å². The Kier molecular flexibility index (Phi) is 7.73. The molecule has 2 saturated heterocycles. The first-order valence-corrected chi connectivity index (χ1v) is 10.9. The molecule has 1 aromatic carbocycles. The second-order valence-corrected chi connectivity index (χ2v) is 8.53. The quantitative estimate of drug-likeness (QED) is 0.199. The molecule has 0 amide bonds. The maximum Gasteiger partial charge on any atom is 0.336 e. The van der Waals surface area contributed by atoms with Gasteiger partial charge in [0.05, 0.1) is 13.2 Å². The SMILES string of the molecule is Cc1cc(=O)oc2cc(O[C@H]3O[C@H](CO)[C@@H](O[C@@H]4O[C@H](CO)[C@@H](O)[C@H](O)[C@@H]4O)[C@H](O)[C@@H]3O)ccc12. The molecule has 2 fully saturated rings. The van der Waals surface area contributed by atoms with Crippen molar-refractivity contribution in [3.05, 3.63) is 40.2 Å². The number of fused-ring (bicyclic) bond motifs is 1. The molecular formula is C22H28O13. The van der Waals surface area contributed by atoms with Crippen LogP contribution in [0.3, 0.4) is 0 Å². The Morgan fingerprint density at radius 2 is 1.49 bits per heavy atom. The highest BCUT2D eigenvalue weighted by molar-refractivity contribution is 5.81. The molecular weight excluding hydrogens is 472 g/mol. The van der Waals surface area contributed by atoms with Gasteiger partial charge >= 0.3 is 5.63 Å². The van der Waals surface area contributed by atoms with Gasteiger partial charge in [-0.3, -0.25) is 0 Å². The van der Waals surface area contributed by atoms with Crippen molar-refractivity contribution in [2.24, 2.45) is 0 Å². The van der Waals surface area contributed by atoms with Gasteiger partial charge < -0.3 is 59.1 Å². The summed E-state index contributed by atoms with van der Waals surface area (Å²) in [6, 6.07) is 5.94. The molecule has 0 spiro atoms. The maximum atomic E-state index is 11.7. The van der Waals surface area contributed by atoms with Gasteiger partial charge in [-0.1, -0.05) is 0 Å². The summed E-state index contributed by atoms with van der Waals surface area (Å²) in [6.45, 7) is 0.352. The van der Waals surface area contributed by atoms with Crippen LogP contribution in [-0.4, -0.2) is 110 Å². The lowest BCUT2D eigenvalue weighted by Gasteiger charge is -2.45. The van der Waals surface area contributed by atoms with Crippen molar-refractivity contribution in [3.63, 3.8) is 0 Å². The summed E-state index contributed by atoms with van der Waals surface area (Å²) in [5.74, 6) is 0.146. The van der Waals surface area contributed by atoms with Crippen molar-refractivity contribution in [1.29, 1.82) is 0 Å². The summed E-state index contributed by atoms with van der Waals surface area (Å²) in [5.41, 5.74) is 0.381. The molecule has 7 N–H and O–H groups in total. The fourth-order valence-electron chi connectivity index (χ4n) is 4.17. The third-order valence-corrected chi connectivity index (χ3v) is 6.14. The molecule has 3 heterocycles. The number of hydrogen-bond acceptors (Lipinski definition) is 13. The predicted molar refractivity (Wildman–Crippen MR) is 114 cm³/mol. The molecule has 10 atom stereocenters. The Labute approximate surface area is 198 Å². The van der Waals surface area contributed by atoms with E-state index in [0.717, 1.165) is 0 Å². The fraction of sp³-hybridized carbons (Fsp3) is 0.591. The molecule has 35 heavy (non-hydrogen) atoms. The lowest BCUT2D eigenvalue weighted by molar-refractivity contribution is -0.352. The summed E-state index contributed by atoms with van der Waals surface area (Å²) in [6.07, 6.45) is -15.6. The van der Waals surface area contributed by atoms with Crippen LogP contribution in [0.2, 0.25) is 0 Å². The number of aliphatic hydroxyl groups is 7. The Morgan fingerprint density at radius 1 is 0.829 bits per heavy atom. The number of rotatable bonds is 6. The zero-order valence-corrected chi connectivity index (χ0v) is 18.6. The van der Waals surface area contributed by atoms with Crippen molar-refractivity contribution in [3.8, 4) is 5.75 Å². The largest absolute Gasteiger partial charge is 0.462 e. The summed E-state index contributed by atoms with van der Waals surface area (Å²) in [5, 5.41) is 71.1. The second-order valence-electron chi connectivity index (χ2n) is 8.53. The molecule has 2 aromatic rings. The number of benzene rings is 1. The molecule has 1 aromatic heterocycles. The molecule has 13 nitrogen and oxygen atoms in total. The molecule has 0 bridgehead atoms. The van der Waals surface area contributed by atoms with Gasteiger partial charge in [0.15, 0.2) is 6.29 Å². The van der Waals surface area contributed by atoms with Crippen LogP contribution in [0.25, 0.3) is 11.0 Å². The van der Waals surface area contributed by atoms with Crippen LogP contribution < -0.4 is 10.4 Å². The highest BCUT2D eigenvalue weighted by Gasteiger charge is 2.51. The lowest BCUT2D eigenvalue weighted by atomic mass is 9.97. The zero-order valence-electron chi connectivity index (χ0n) is 18.6. The third-order valence-electron chi connectivity index (χ3n) is 6.14. The number of aryl methyl sites for hydroxylation is 1. The Bertz CT molecular complexity index is 1070. The highest BCUT2D eigenvalue weighted by Crippen LogP contribution is 2.31. The normalized spacial score (nSPS) is 37.9. The zero-order chi connectivity index (χ0) is 25.4. The van der Waals surface area contributed by atoms with Crippen LogP contribution in [0.5, 0.6) is 5.75 Å². The number of ether oxygens (including phenoxy) is 4. The summed E-state index contributed by atoms with van der Waals surface area (Å²) >= 11 is 0. The smallest absolute Gasteiger partial charge is 0.336 e. The van der Waals surface area contributed by atoms with E-state index >= 15 is 0 Å². The van der Waals surface area contributed by atoms with E-state index in [1.807, 2.05) is 0 Å². The molecule has 4 rings (SSSR count). The molecule has 194 valence electrons. The Morgan fingerprint density at radius 3 is 2.17 bits per heavy atom. The Balaban J connectivity index is 1.50. The monoisotopic (exact) mass is 500 g/mol. The van der Waals surface area contributed by atoms with E-state index < -0.39 is 80.3 Å². The van der Waals surface area contributed by atoms with Crippen LogP contribution in [0.15, 0.2) is 33.5 Å². The lowest BCUT2D eigenvalue weighted by Crippen LogP contribution is -2.65. The molecule has 0 aliphatic carbocycles. The van der Waals surface area contributed by atoms with Crippen molar-refractivity contribution < 1.29 is 59.1 Å². The van der Waals surface area contributed by atoms with E-state index in [-0.39, 0.29) is 11.3 Å². The minimum atomic E-state index is -1.76. The summed E-state index contributed by atoms with van der Waals surface area (Å²) in [7, 11) is 0. The van der Waals surface area contributed by atoms with Crippen LogP contribution >= 0.6 is 0 Å². The van der Waals surface area contributed by atoms with Crippen molar-refractivity contribution in [2.45, 2.75) is 68.3 Å². The predicted octanol–water partition coefficient (Wildman–Crippen LogP) is -2.90. The fourth-order valence-corrected chi connectivity index (χ4v) is 4.17. The van der Waals surface area contributed by atoms with Gasteiger partial charge in [-0.15, -0.1) is 0 Å². The van der Waals surface area contributed by atoms with Gasteiger partial charge in [-0.05, 0) is 24.6 Å². The van der Waals surface area contributed by atoms with Crippen molar-refractivity contribution in [1.82, 2.24) is 0 Å². The van der Waals surface area contributed by atoms with Crippen LogP contribution in [0.4, 0.5) is 0 Å². The van der Waals surface area contributed by atoms with Crippen LogP contribution in [0, 0.1) is 6.92 Å². The van der Waals surface area contributed by atoms with Gasteiger partial charge in [0.1, 0.15) is 60.2 Å². The average Bonchev–Trinajstić information content (AvgIpc) is 2.83. The van der Waals surface area contributed by atoms with Crippen molar-refractivity contribution >= 4 is 11.0 Å². The van der Waals surface area contributed by atoms with Gasteiger partial charge in [0.25, 0.3) is 0 Å². The van der Waals surface area contributed by atoms with E-state index in [2.05, 4.69) is 0 Å². The molecule has 0 unspecified atom stereocenters. The van der Waals surface area contributed by atoms with Gasteiger partial charge in [0.2, 0.25) is 6.29 Å². The Hall–Kier alpha value is -2.17. The van der Waals surface area contributed by atoms with Gasteiger partial charge in [0, 0.05) is 17.5 Å². The topological polar surface area (TPSA) is 209 Å². The highest BCUT2D eigenvalue weighted by atomic mass is 16.7. The van der Waals surface area contributed by atoms with Crippen LogP contribution in [0.1, 0.15) is 5.56 Å². The van der Waals surface area contributed by atoms with Crippen molar-refractivity contribution in [2.75, 3.05) is 13.2 Å².